The molecule has 2 nitrogen and oxygen atoms in total. The van der Waals surface area contributed by atoms with Crippen molar-refractivity contribution in [2.45, 2.75) is 12.8 Å². The second-order valence-corrected chi connectivity index (χ2v) is 2.77. The van der Waals surface area contributed by atoms with Crippen LogP contribution in [0.5, 0.6) is 0 Å². The second-order valence-electron chi connectivity index (χ2n) is 2.77. The van der Waals surface area contributed by atoms with Gasteiger partial charge in [-0.3, -0.25) is 0 Å². The van der Waals surface area contributed by atoms with Crippen molar-refractivity contribution in [1.82, 2.24) is 0 Å². The van der Waals surface area contributed by atoms with Crippen LogP contribution in [0.2, 0.25) is 0 Å². The average Bonchev–Trinajstić information content (AvgIpc) is 2.07. The molecule has 0 saturated heterocycles. The van der Waals surface area contributed by atoms with Gasteiger partial charge in [-0.15, -0.1) is 0 Å². The summed E-state index contributed by atoms with van der Waals surface area (Å²) in [6, 6.07) is 7.90. The lowest BCUT2D eigenvalue weighted by Gasteiger charge is -2.05. The highest BCUT2D eigenvalue weighted by atomic mass is 14.4. The molecule has 0 fully saturated rings. The molecule has 0 aliphatic heterocycles. The van der Waals surface area contributed by atoms with Crippen molar-refractivity contribution in [3.8, 4) is 0 Å². The van der Waals surface area contributed by atoms with E-state index < -0.39 is 0 Å². The highest BCUT2D eigenvalue weighted by Crippen LogP contribution is 2.12. The maximum atomic E-state index is 7.09. The van der Waals surface area contributed by atoms with E-state index in [0.29, 0.717) is 0 Å². The molecule has 0 aromatic heterocycles. The minimum absolute atomic E-state index is 0.162. The molecule has 1 aromatic carbocycles. The zero-order valence-corrected chi connectivity index (χ0v) is 7.04. The smallest absolute Gasteiger partial charge is 0.0532 e. The summed E-state index contributed by atoms with van der Waals surface area (Å²) in [5.74, 6) is -0.162. The van der Waals surface area contributed by atoms with E-state index in [4.69, 9.17) is 10.8 Å². The largest absolute Gasteiger partial charge is 0.312 e. The molecule has 62 valence electrons. The van der Waals surface area contributed by atoms with Crippen molar-refractivity contribution >= 4 is 12.4 Å². The predicted molar refractivity (Wildman–Crippen MR) is 51.5 cm³/mol. The Morgan fingerprint density at radius 1 is 1.25 bits per heavy atom. The Morgan fingerprint density at radius 2 is 1.92 bits per heavy atom. The number of hydrogen-bond acceptors (Lipinski definition) is 2. The third-order valence-electron chi connectivity index (χ3n) is 1.79. The molecule has 0 heterocycles. The van der Waals surface area contributed by atoms with Crippen LogP contribution in [-0.4, -0.2) is 12.4 Å². The van der Waals surface area contributed by atoms with E-state index in [0.717, 1.165) is 5.56 Å². The highest BCUT2D eigenvalue weighted by molar-refractivity contribution is 5.87. The van der Waals surface area contributed by atoms with Crippen LogP contribution < -0.4 is 0 Å². The summed E-state index contributed by atoms with van der Waals surface area (Å²) in [6.07, 6.45) is 2.56. The fourth-order valence-electron chi connectivity index (χ4n) is 1.12. The van der Waals surface area contributed by atoms with Crippen molar-refractivity contribution in [2.24, 2.45) is 0 Å². The summed E-state index contributed by atoms with van der Waals surface area (Å²) in [6.45, 7) is 2.01. The van der Waals surface area contributed by atoms with Crippen LogP contribution >= 0.6 is 0 Å². The lowest BCUT2D eigenvalue weighted by molar-refractivity contribution is 1.21. The van der Waals surface area contributed by atoms with Gasteiger partial charge in [-0.25, -0.2) is 0 Å². The van der Waals surface area contributed by atoms with Crippen LogP contribution in [0.15, 0.2) is 24.3 Å². The number of benzene rings is 1. The van der Waals surface area contributed by atoms with Crippen LogP contribution in [0.25, 0.3) is 0 Å². The van der Waals surface area contributed by atoms with Crippen LogP contribution in [0.3, 0.4) is 0 Å². The highest BCUT2D eigenvalue weighted by Gasteiger charge is 2.03. The third kappa shape index (κ3) is 1.78. The quantitative estimate of drug-likeness (QED) is 0.638. The first-order valence-corrected chi connectivity index (χ1v) is 3.85. The molecule has 0 unspecified atom stereocenters. The molecule has 0 bridgehead atoms. The summed E-state index contributed by atoms with van der Waals surface area (Å²) >= 11 is 0. The minimum Gasteiger partial charge on any atom is -0.312 e. The van der Waals surface area contributed by atoms with Gasteiger partial charge in [0, 0.05) is 12.4 Å². The van der Waals surface area contributed by atoms with E-state index in [1.54, 1.807) is 0 Å². The summed E-state index contributed by atoms with van der Waals surface area (Å²) in [5.41, 5.74) is 2.18. The molecule has 0 atom stereocenters. The molecule has 0 spiro atoms. The van der Waals surface area contributed by atoms with Gasteiger partial charge in [-0.2, -0.15) is 0 Å². The van der Waals surface area contributed by atoms with Crippen LogP contribution in [0.1, 0.15) is 17.0 Å². The fraction of sp³-hybridized carbons (Fsp3) is 0.200. The van der Waals surface area contributed by atoms with Crippen LogP contribution in [0.4, 0.5) is 0 Å². The lowest BCUT2D eigenvalue weighted by atomic mass is 10.00. The first-order valence-electron chi connectivity index (χ1n) is 3.85. The van der Waals surface area contributed by atoms with Gasteiger partial charge in [0.2, 0.25) is 0 Å². The summed E-state index contributed by atoms with van der Waals surface area (Å²) in [7, 11) is 0. The predicted octanol–water partition coefficient (Wildman–Crippen LogP) is 2.38. The second kappa shape index (κ2) is 3.81. The van der Waals surface area contributed by atoms with E-state index in [2.05, 4.69) is 0 Å². The number of nitrogens with one attached hydrogen (secondary N) is 2. The molecular weight excluding hydrogens is 148 g/mol. The van der Waals surface area contributed by atoms with Crippen molar-refractivity contribution < 1.29 is 0 Å². The van der Waals surface area contributed by atoms with Crippen LogP contribution in [-0.2, 0) is 0 Å². The number of rotatable bonds is 3. The van der Waals surface area contributed by atoms with E-state index in [1.165, 1.54) is 18.0 Å². The topological polar surface area (TPSA) is 47.7 Å². The molecular formula is C10H12N2. The maximum absolute atomic E-state index is 7.09. The minimum atomic E-state index is -0.162. The molecule has 1 rings (SSSR count). The Bertz CT molecular complexity index is 284. The van der Waals surface area contributed by atoms with Gasteiger partial charge in [-0.1, -0.05) is 29.8 Å². The van der Waals surface area contributed by atoms with Gasteiger partial charge in [0.1, 0.15) is 0 Å². The van der Waals surface area contributed by atoms with Crippen LogP contribution in [0, 0.1) is 17.7 Å². The Labute approximate surface area is 72.3 Å². The van der Waals surface area contributed by atoms with Crippen molar-refractivity contribution in [3.63, 3.8) is 0 Å². The van der Waals surface area contributed by atoms with E-state index in [9.17, 15) is 0 Å². The third-order valence-corrected chi connectivity index (χ3v) is 1.79. The molecule has 0 aliphatic carbocycles. The molecule has 0 amide bonds. The molecule has 0 saturated carbocycles. The SMILES string of the molecule is Cc1cccc(C(C=N)C=N)c1. The lowest BCUT2D eigenvalue weighted by Crippen LogP contribution is -2.00. The summed E-state index contributed by atoms with van der Waals surface area (Å²) < 4.78 is 0. The van der Waals surface area contributed by atoms with Gasteiger partial charge in [0.25, 0.3) is 0 Å². The molecule has 2 N–H and O–H groups in total. The van der Waals surface area contributed by atoms with Crippen molar-refractivity contribution in [1.29, 1.82) is 10.8 Å². The van der Waals surface area contributed by atoms with Gasteiger partial charge < -0.3 is 10.8 Å². The molecule has 1 aromatic rings. The molecule has 12 heavy (non-hydrogen) atoms. The fourth-order valence-corrected chi connectivity index (χ4v) is 1.12. The Balaban J connectivity index is 3.00. The van der Waals surface area contributed by atoms with Crippen molar-refractivity contribution in [3.05, 3.63) is 35.4 Å². The number of hydrogen-bond donors (Lipinski definition) is 2. The molecule has 0 radical (unpaired) electrons. The normalized spacial score (nSPS) is 12.1. The first-order chi connectivity index (χ1) is 5.77. The standard InChI is InChI=1S/C10H12N2/c1-8-3-2-4-9(5-8)10(6-11)7-12/h2-7,10-12H,1H3. The Morgan fingerprint density at radius 3 is 2.42 bits per heavy atom. The molecule has 2 heteroatoms. The van der Waals surface area contributed by atoms with Gasteiger partial charge >= 0.3 is 0 Å². The summed E-state index contributed by atoms with van der Waals surface area (Å²) in [5, 5.41) is 14.2. The zero-order chi connectivity index (χ0) is 8.97. The maximum Gasteiger partial charge on any atom is 0.0532 e. The van der Waals surface area contributed by atoms with Gasteiger partial charge in [0.15, 0.2) is 0 Å². The van der Waals surface area contributed by atoms with E-state index in [-0.39, 0.29) is 5.92 Å². The van der Waals surface area contributed by atoms with Gasteiger partial charge in [-0.05, 0) is 12.5 Å². The molecule has 0 aliphatic rings. The first kappa shape index (κ1) is 8.65. The van der Waals surface area contributed by atoms with Crippen molar-refractivity contribution in [2.75, 3.05) is 0 Å². The Hall–Kier alpha value is -1.44. The zero-order valence-electron chi connectivity index (χ0n) is 7.04. The average molecular weight is 160 g/mol. The summed E-state index contributed by atoms with van der Waals surface area (Å²) in [4.78, 5) is 0. The van der Waals surface area contributed by atoms with Gasteiger partial charge in [0.05, 0.1) is 5.92 Å². The van der Waals surface area contributed by atoms with E-state index >= 15 is 0 Å². The Kier molecular flexibility index (Phi) is 2.75. The monoisotopic (exact) mass is 160 g/mol. The van der Waals surface area contributed by atoms with E-state index in [1.807, 2.05) is 31.2 Å². The number of aryl methyl sites for hydroxylation is 1.